The zero-order chi connectivity index (χ0) is 14.7. The molecule has 0 aliphatic heterocycles. The van der Waals surface area contributed by atoms with E-state index in [1.807, 2.05) is 0 Å². The van der Waals surface area contributed by atoms with Gasteiger partial charge in [0, 0.05) is 19.2 Å². The fourth-order valence-electron chi connectivity index (χ4n) is 2.81. The first-order chi connectivity index (χ1) is 9.50. The molecular weight excluding hydrogens is 258 g/mol. The number of phenols is 1. The molecule has 1 aromatic rings. The van der Waals surface area contributed by atoms with Crippen molar-refractivity contribution in [2.75, 3.05) is 7.05 Å². The smallest absolute Gasteiger partial charge is 0.307 e. The molecule has 0 radical (unpaired) electrons. The molecule has 5 heteroatoms. The number of carbonyl (C=O) groups is 2. The van der Waals surface area contributed by atoms with E-state index in [9.17, 15) is 14.7 Å². The second kappa shape index (κ2) is 5.94. The predicted octanol–water partition coefficient (Wildman–Crippen LogP) is 1.85. The van der Waals surface area contributed by atoms with Crippen molar-refractivity contribution in [3.8, 4) is 5.75 Å². The van der Waals surface area contributed by atoms with E-state index in [1.54, 1.807) is 31.3 Å². The standard InChI is InChI=1S/C15H19NO4/c1-16(9-10-5-2-3-8-13(10)17)14(18)11-6-4-7-12(11)15(19)20/h2-3,5,8,11-12,17H,4,6-7,9H2,1H3,(H,19,20). The summed E-state index contributed by atoms with van der Waals surface area (Å²) < 4.78 is 0. The lowest BCUT2D eigenvalue weighted by Crippen LogP contribution is -2.36. The number of carboxylic acids is 1. The summed E-state index contributed by atoms with van der Waals surface area (Å²) in [6.07, 6.45) is 1.97. The summed E-state index contributed by atoms with van der Waals surface area (Å²) in [6, 6.07) is 6.84. The zero-order valence-electron chi connectivity index (χ0n) is 11.5. The largest absolute Gasteiger partial charge is 0.508 e. The highest BCUT2D eigenvalue weighted by Crippen LogP contribution is 2.33. The van der Waals surface area contributed by atoms with Crippen LogP contribution in [0.4, 0.5) is 0 Å². The number of rotatable bonds is 4. The summed E-state index contributed by atoms with van der Waals surface area (Å²) in [7, 11) is 1.64. The molecule has 0 saturated heterocycles. The lowest BCUT2D eigenvalue weighted by molar-refractivity contribution is -0.148. The van der Waals surface area contributed by atoms with E-state index >= 15 is 0 Å². The lowest BCUT2D eigenvalue weighted by Gasteiger charge is -2.23. The quantitative estimate of drug-likeness (QED) is 0.880. The van der Waals surface area contributed by atoms with Crippen molar-refractivity contribution in [2.45, 2.75) is 25.8 Å². The van der Waals surface area contributed by atoms with Crippen molar-refractivity contribution in [1.82, 2.24) is 4.90 Å². The van der Waals surface area contributed by atoms with Crippen LogP contribution < -0.4 is 0 Å². The summed E-state index contributed by atoms with van der Waals surface area (Å²) in [6.45, 7) is 0.286. The van der Waals surface area contributed by atoms with Crippen LogP contribution in [0.25, 0.3) is 0 Å². The molecular formula is C15H19NO4. The summed E-state index contributed by atoms with van der Waals surface area (Å²) in [5, 5.41) is 18.9. The van der Waals surface area contributed by atoms with Gasteiger partial charge in [0.1, 0.15) is 5.75 Å². The number of hydrogen-bond acceptors (Lipinski definition) is 3. The molecule has 0 bridgehead atoms. The SMILES string of the molecule is CN(Cc1ccccc1O)C(=O)C1CCCC1C(=O)O. The topological polar surface area (TPSA) is 77.8 Å². The number of benzene rings is 1. The van der Waals surface area contributed by atoms with Crippen LogP contribution in [0.15, 0.2) is 24.3 Å². The maximum atomic E-state index is 12.4. The molecule has 0 spiro atoms. The van der Waals surface area contributed by atoms with Gasteiger partial charge in [-0.1, -0.05) is 24.6 Å². The number of aromatic hydroxyl groups is 1. The summed E-state index contributed by atoms with van der Waals surface area (Å²) in [4.78, 5) is 25.0. The third-order valence-corrected chi connectivity index (χ3v) is 3.93. The lowest BCUT2D eigenvalue weighted by atomic mass is 9.94. The van der Waals surface area contributed by atoms with Gasteiger partial charge < -0.3 is 15.1 Å². The fourth-order valence-corrected chi connectivity index (χ4v) is 2.81. The van der Waals surface area contributed by atoms with Crippen LogP contribution in [0.5, 0.6) is 5.75 Å². The average Bonchev–Trinajstić information content (AvgIpc) is 2.89. The van der Waals surface area contributed by atoms with Gasteiger partial charge in [-0.15, -0.1) is 0 Å². The van der Waals surface area contributed by atoms with Gasteiger partial charge in [-0.2, -0.15) is 0 Å². The van der Waals surface area contributed by atoms with Crippen LogP contribution in [-0.2, 0) is 16.1 Å². The Labute approximate surface area is 117 Å². The Hall–Kier alpha value is -2.04. The minimum Gasteiger partial charge on any atom is -0.508 e. The highest BCUT2D eigenvalue weighted by molar-refractivity contribution is 5.85. The molecule has 2 atom stereocenters. The van der Waals surface area contributed by atoms with E-state index in [0.29, 0.717) is 18.4 Å². The molecule has 0 aromatic heterocycles. The van der Waals surface area contributed by atoms with E-state index in [0.717, 1.165) is 6.42 Å². The van der Waals surface area contributed by atoms with E-state index in [4.69, 9.17) is 5.11 Å². The van der Waals surface area contributed by atoms with E-state index in [2.05, 4.69) is 0 Å². The molecule has 1 saturated carbocycles. The summed E-state index contributed by atoms with van der Waals surface area (Å²) in [5.41, 5.74) is 0.660. The molecule has 2 N–H and O–H groups in total. The Morgan fingerprint density at radius 2 is 1.90 bits per heavy atom. The van der Waals surface area contributed by atoms with Gasteiger partial charge in [-0.3, -0.25) is 9.59 Å². The Bertz CT molecular complexity index is 514. The van der Waals surface area contributed by atoms with E-state index in [1.165, 1.54) is 4.90 Å². The number of aliphatic carboxylic acids is 1. The molecule has 1 aliphatic carbocycles. The van der Waals surface area contributed by atoms with Crippen molar-refractivity contribution in [1.29, 1.82) is 0 Å². The number of hydrogen-bond donors (Lipinski definition) is 2. The number of nitrogens with zero attached hydrogens (tertiary/aromatic N) is 1. The van der Waals surface area contributed by atoms with Gasteiger partial charge in [-0.05, 0) is 18.9 Å². The minimum atomic E-state index is -0.892. The second-order valence-corrected chi connectivity index (χ2v) is 5.31. The first-order valence-corrected chi connectivity index (χ1v) is 6.75. The first-order valence-electron chi connectivity index (χ1n) is 6.75. The predicted molar refractivity (Wildman–Crippen MR) is 73.0 cm³/mol. The van der Waals surface area contributed by atoms with Gasteiger partial charge in [0.15, 0.2) is 0 Å². The maximum absolute atomic E-state index is 12.4. The molecule has 20 heavy (non-hydrogen) atoms. The molecule has 2 rings (SSSR count). The Morgan fingerprint density at radius 1 is 1.25 bits per heavy atom. The number of para-hydroxylation sites is 1. The van der Waals surface area contributed by atoms with Crippen LogP contribution in [-0.4, -0.2) is 34.0 Å². The average molecular weight is 277 g/mol. The molecule has 0 heterocycles. The van der Waals surface area contributed by atoms with Crippen molar-refractivity contribution in [3.63, 3.8) is 0 Å². The Kier molecular flexibility index (Phi) is 4.27. The van der Waals surface area contributed by atoms with Crippen molar-refractivity contribution in [2.24, 2.45) is 11.8 Å². The Morgan fingerprint density at radius 3 is 2.55 bits per heavy atom. The molecule has 1 aliphatic rings. The maximum Gasteiger partial charge on any atom is 0.307 e. The van der Waals surface area contributed by atoms with Crippen molar-refractivity contribution < 1.29 is 19.8 Å². The van der Waals surface area contributed by atoms with Crippen LogP contribution in [0, 0.1) is 11.8 Å². The van der Waals surface area contributed by atoms with Gasteiger partial charge in [0.05, 0.1) is 11.8 Å². The first kappa shape index (κ1) is 14.4. The molecule has 1 aromatic carbocycles. The molecule has 5 nitrogen and oxygen atoms in total. The van der Waals surface area contributed by atoms with Crippen molar-refractivity contribution >= 4 is 11.9 Å². The summed E-state index contributed by atoms with van der Waals surface area (Å²) >= 11 is 0. The second-order valence-electron chi connectivity index (χ2n) is 5.31. The number of carbonyl (C=O) groups excluding carboxylic acids is 1. The van der Waals surface area contributed by atoms with Crippen LogP contribution in [0.2, 0.25) is 0 Å². The number of amides is 1. The minimum absolute atomic E-state index is 0.147. The van der Waals surface area contributed by atoms with Gasteiger partial charge >= 0.3 is 5.97 Å². The van der Waals surface area contributed by atoms with Gasteiger partial charge in [0.2, 0.25) is 5.91 Å². The van der Waals surface area contributed by atoms with Gasteiger partial charge in [-0.25, -0.2) is 0 Å². The molecule has 1 fully saturated rings. The van der Waals surface area contributed by atoms with E-state index < -0.39 is 17.8 Å². The van der Waals surface area contributed by atoms with Crippen LogP contribution >= 0.6 is 0 Å². The number of carboxylic acid groups (broad SMARTS) is 1. The third-order valence-electron chi connectivity index (χ3n) is 3.93. The van der Waals surface area contributed by atoms with Gasteiger partial charge in [0.25, 0.3) is 0 Å². The normalized spacial score (nSPS) is 21.6. The monoisotopic (exact) mass is 277 g/mol. The molecule has 2 unspecified atom stereocenters. The Balaban J connectivity index is 2.05. The number of phenolic OH excluding ortho intramolecular Hbond substituents is 1. The highest BCUT2D eigenvalue weighted by atomic mass is 16.4. The van der Waals surface area contributed by atoms with Crippen LogP contribution in [0.3, 0.4) is 0 Å². The third kappa shape index (κ3) is 2.92. The summed E-state index contributed by atoms with van der Waals surface area (Å²) in [5.74, 6) is -1.92. The highest BCUT2D eigenvalue weighted by Gasteiger charge is 2.39. The zero-order valence-corrected chi connectivity index (χ0v) is 11.5. The van der Waals surface area contributed by atoms with Crippen LogP contribution in [0.1, 0.15) is 24.8 Å². The molecule has 108 valence electrons. The van der Waals surface area contributed by atoms with E-state index in [-0.39, 0.29) is 18.2 Å². The fraction of sp³-hybridized carbons (Fsp3) is 0.467. The molecule has 1 amide bonds. The van der Waals surface area contributed by atoms with Crippen molar-refractivity contribution in [3.05, 3.63) is 29.8 Å².